The third-order valence-corrected chi connectivity index (χ3v) is 5.41. The number of hydrogen-bond acceptors (Lipinski definition) is 2. The Kier molecular flexibility index (Phi) is 3.83. The molecule has 0 fully saturated rings. The van der Waals surface area contributed by atoms with E-state index in [-0.39, 0.29) is 17.9 Å². The molecule has 1 aliphatic heterocycles. The van der Waals surface area contributed by atoms with Crippen molar-refractivity contribution in [1.29, 1.82) is 0 Å². The number of allylic oxidation sites excluding steroid dienone is 2. The van der Waals surface area contributed by atoms with Gasteiger partial charge in [0.15, 0.2) is 0 Å². The molecule has 4 rings (SSSR count). The molecule has 0 saturated heterocycles. The maximum atomic E-state index is 14.4. The highest BCUT2D eigenvalue weighted by atomic mass is 79.9. The van der Waals surface area contributed by atoms with E-state index in [2.05, 4.69) is 33.4 Å². The largest absolute Gasteiger partial charge is 0.496 e. The number of hydrogen-bond donors (Lipinski definition) is 1. The SMILES string of the molecule is COc1ccc(Br)cc1[C@@H]1Nc2c(F)cc(F)cc2[C@H]2C=CC[C@@H]21. The van der Waals surface area contributed by atoms with Crippen LogP contribution in [0.4, 0.5) is 14.5 Å². The van der Waals surface area contributed by atoms with Crippen LogP contribution in [-0.2, 0) is 0 Å². The van der Waals surface area contributed by atoms with Gasteiger partial charge in [-0.15, -0.1) is 0 Å². The van der Waals surface area contributed by atoms with E-state index in [9.17, 15) is 8.78 Å². The predicted octanol–water partition coefficient (Wildman–Crippen LogP) is 5.56. The first-order chi connectivity index (χ1) is 11.6. The first-order valence-electron chi connectivity index (χ1n) is 7.84. The minimum absolute atomic E-state index is 0.000128. The van der Waals surface area contributed by atoms with Crippen LogP contribution in [0.15, 0.2) is 47.0 Å². The lowest BCUT2D eigenvalue weighted by atomic mass is 9.76. The summed E-state index contributed by atoms with van der Waals surface area (Å²) in [4.78, 5) is 0. The second-order valence-corrected chi connectivity index (χ2v) is 7.13. The molecule has 1 aliphatic carbocycles. The topological polar surface area (TPSA) is 21.3 Å². The smallest absolute Gasteiger partial charge is 0.149 e. The molecule has 2 nitrogen and oxygen atoms in total. The van der Waals surface area contributed by atoms with E-state index in [0.717, 1.165) is 28.3 Å². The van der Waals surface area contributed by atoms with Gasteiger partial charge >= 0.3 is 0 Å². The zero-order valence-corrected chi connectivity index (χ0v) is 14.6. The van der Waals surface area contributed by atoms with E-state index >= 15 is 0 Å². The molecule has 0 aromatic heterocycles. The fraction of sp³-hybridized carbons (Fsp3) is 0.263. The van der Waals surface area contributed by atoms with E-state index < -0.39 is 11.6 Å². The van der Waals surface area contributed by atoms with Gasteiger partial charge in [0.2, 0.25) is 0 Å². The Balaban J connectivity index is 1.86. The Bertz CT molecular complexity index is 836. The summed E-state index contributed by atoms with van der Waals surface area (Å²) in [5.74, 6) is -0.136. The Labute approximate surface area is 147 Å². The summed E-state index contributed by atoms with van der Waals surface area (Å²) in [6.07, 6.45) is 5.00. The van der Waals surface area contributed by atoms with Crippen LogP contribution in [0.1, 0.15) is 29.5 Å². The third kappa shape index (κ3) is 2.42. The van der Waals surface area contributed by atoms with Crippen LogP contribution in [0.25, 0.3) is 0 Å². The lowest BCUT2D eigenvalue weighted by Gasteiger charge is -2.38. The maximum absolute atomic E-state index is 14.4. The molecular formula is C19H16BrF2NO. The molecule has 2 aromatic rings. The normalized spacial score (nSPS) is 24.2. The number of ether oxygens (including phenoxy) is 1. The van der Waals surface area contributed by atoms with Crippen molar-refractivity contribution in [1.82, 2.24) is 0 Å². The molecule has 0 amide bonds. The van der Waals surface area contributed by atoms with Gasteiger partial charge < -0.3 is 10.1 Å². The van der Waals surface area contributed by atoms with Crippen molar-refractivity contribution in [3.63, 3.8) is 0 Å². The first-order valence-corrected chi connectivity index (χ1v) is 8.63. The fourth-order valence-corrected chi connectivity index (χ4v) is 4.26. The van der Waals surface area contributed by atoms with Crippen LogP contribution in [0.5, 0.6) is 5.75 Å². The Hall–Kier alpha value is -1.88. The van der Waals surface area contributed by atoms with Crippen molar-refractivity contribution >= 4 is 21.6 Å². The van der Waals surface area contributed by atoms with Gasteiger partial charge in [-0.25, -0.2) is 8.78 Å². The standard InChI is InChI=1S/C19H16BrF2NO/c1-24-17-6-5-10(20)7-15(17)18-13-4-2-3-12(13)14-8-11(21)9-16(22)19(14)23-18/h2-3,5-9,12-13,18,23H,4H2,1H3/t12-,13-,18+/m0/s1. The second-order valence-electron chi connectivity index (χ2n) is 6.21. The Morgan fingerprint density at radius 2 is 2.00 bits per heavy atom. The van der Waals surface area contributed by atoms with Gasteiger partial charge in [-0.1, -0.05) is 28.1 Å². The number of halogens is 3. The van der Waals surface area contributed by atoms with Gasteiger partial charge in [-0.3, -0.25) is 0 Å². The number of nitrogens with one attached hydrogen (secondary N) is 1. The second kappa shape index (κ2) is 5.88. The van der Waals surface area contributed by atoms with Crippen LogP contribution in [0, 0.1) is 17.6 Å². The zero-order valence-electron chi connectivity index (χ0n) is 13.0. The van der Waals surface area contributed by atoms with Crippen LogP contribution >= 0.6 is 15.9 Å². The number of anilines is 1. The summed E-state index contributed by atoms with van der Waals surface area (Å²) < 4.78 is 34.5. The minimum atomic E-state index is -0.553. The number of fused-ring (bicyclic) bond motifs is 3. The first kappa shape index (κ1) is 15.6. The van der Waals surface area contributed by atoms with Gasteiger partial charge in [0, 0.05) is 22.0 Å². The summed E-state index contributed by atoms with van der Waals surface area (Å²) in [5, 5.41) is 3.30. The van der Waals surface area contributed by atoms with Crippen molar-refractivity contribution in [2.45, 2.75) is 18.4 Å². The lowest BCUT2D eigenvalue weighted by Crippen LogP contribution is -2.30. The monoisotopic (exact) mass is 391 g/mol. The van der Waals surface area contributed by atoms with Gasteiger partial charge in [0.05, 0.1) is 18.8 Å². The molecule has 0 unspecified atom stereocenters. The molecule has 0 bridgehead atoms. The number of benzene rings is 2. The van der Waals surface area contributed by atoms with Crippen LogP contribution in [0.2, 0.25) is 0 Å². The average Bonchev–Trinajstić information content (AvgIpc) is 3.04. The average molecular weight is 392 g/mol. The lowest BCUT2D eigenvalue weighted by molar-refractivity contribution is 0.378. The maximum Gasteiger partial charge on any atom is 0.149 e. The molecule has 2 aliphatic rings. The molecule has 24 heavy (non-hydrogen) atoms. The highest BCUT2D eigenvalue weighted by molar-refractivity contribution is 9.10. The molecule has 1 N–H and O–H groups in total. The molecule has 0 spiro atoms. The third-order valence-electron chi connectivity index (χ3n) is 4.91. The Morgan fingerprint density at radius 3 is 2.79 bits per heavy atom. The van der Waals surface area contributed by atoms with Gasteiger partial charge in [-0.2, -0.15) is 0 Å². The van der Waals surface area contributed by atoms with Crippen LogP contribution in [-0.4, -0.2) is 7.11 Å². The van der Waals surface area contributed by atoms with Gasteiger partial charge in [0.1, 0.15) is 17.4 Å². The summed E-state index contributed by atoms with van der Waals surface area (Å²) >= 11 is 3.50. The number of methoxy groups -OCH3 is 1. The van der Waals surface area contributed by atoms with Crippen LogP contribution < -0.4 is 10.1 Å². The van der Waals surface area contributed by atoms with E-state index in [0.29, 0.717) is 11.3 Å². The summed E-state index contributed by atoms with van der Waals surface area (Å²) in [6, 6.07) is 8.07. The number of rotatable bonds is 2. The van der Waals surface area contributed by atoms with Gasteiger partial charge in [-0.05, 0) is 42.2 Å². The molecule has 3 atom stereocenters. The quantitative estimate of drug-likeness (QED) is 0.676. The summed E-state index contributed by atoms with van der Waals surface area (Å²) in [7, 11) is 1.63. The molecule has 0 saturated carbocycles. The zero-order chi connectivity index (χ0) is 16.8. The van der Waals surface area contributed by atoms with E-state index in [1.54, 1.807) is 7.11 Å². The highest BCUT2D eigenvalue weighted by Crippen LogP contribution is 2.52. The van der Waals surface area contributed by atoms with E-state index in [1.807, 2.05) is 18.2 Å². The van der Waals surface area contributed by atoms with Crippen molar-refractivity contribution in [2.75, 3.05) is 12.4 Å². The van der Waals surface area contributed by atoms with Crippen molar-refractivity contribution < 1.29 is 13.5 Å². The van der Waals surface area contributed by atoms with Crippen molar-refractivity contribution in [3.05, 3.63) is 69.7 Å². The van der Waals surface area contributed by atoms with Gasteiger partial charge in [0.25, 0.3) is 0 Å². The fourth-order valence-electron chi connectivity index (χ4n) is 3.88. The Morgan fingerprint density at radius 1 is 1.17 bits per heavy atom. The van der Waals surface area contributed by atoms with Crippen molar-refractivity contribution in [2.24, 2.45) is 5.92 Å². The molecule has 124 valence electrons. The van der Waals surface area contributed by atoms with E-state index in [4.69, 9.17) is 4.74 Å². The minimum Gasteiger partial charge on any atom is -0.496 e. The molecule has 0 radical (unpaired) electrons. The predicted molar refractivity (Wildman–Crippen MR) is 93.4 cm³/mol. The van der Waals surface area contributed by atoms with E-state index in [1.165, 1.54) is 6.07 Å². The molecule has 5 heteroatoms. The molecule has 1 heterocycles. The highest BCUT2D eigenvalue weighted by Gasteiger charge is 2.40. The molecule has 2 aromatic carbocycles. The van der Waals surface area contributed by atoms with Crippen LogP contribution in [0.3, 0.4) is 0 Å². The summed E-state index contributed by atoms with van der Waals surface area (Å²) in [6.45, 7) is 0. The summed E-state index contributed by atoms with van der Waals surface area (Å²) in [5.41, 5.74) is 2.05. The van der Waals surface area contributed by atoms with Crippen molar-refractivity contribution in [3.8, 4) is 5.75 Å². The molecular weight excluding hydrogens is 376 g/mol.